The Hall–Kier alpha value is -1.72. The molecule has 0 fully saturated rings. The monoisotopic (exact) mass is 317 g/mol. The molecule has 0 bridgehead atoms. The molecule has 4 nitrogen and oxygen atoms in total. The van der Waals surface area contributed by atoms with Gasteiger partial charge in [0.25, 0.3) is 0 Å². The molecule has 0 aliphatic rings. The molecule has 0 saturated carbocycles. The van der Waals surface area contributed by atoms with Crippen LogP contribution < -0.4 is 11.1 Å². The zero-order chi connectivity index (χ0) is 16.2. The number of aromatic nitrogens is 1. The molecule has 118 valence electrons. The Kier molecular flexibility index (Phi) is 5.32. The number of thiazole rings is 1. The Morgan fingerprint density at radius 3 is 2.64 bits per heavy atom. The van der Waals surface area contributed by atoms with E-state index in [4.69, 9.17) is 5.73 Å². The summed E-state index contributed by atoms with van der Waals surface area (Å²) in [7, 11) is 0. The maximum Gasteiger partial charge on any atom is 0.222 e. The highest BCUT2D eigenvalue weighted by Gasteiger charge is 2.30. The van der Waals surface area contributed by atoms with Crippen LogP contribution in [0.15, 0.2) is 35.7 Å². The second-order valence-corrected chi connectivity index (χ2v) is 6.61. The Morgan fingerprint density at radius 1 is 1.41 bits per heavy atom. The molecule has 1 aromatic heterocycles. The van der Waals surface area contributed by atoms with Gasteiger partial charge in [-0.1, -0.05) is 37.3 Å². The van der Waals surface area contributed by atoms with Crippen molar-refractivity contribution in [2.45, 2.75) is 45.2 Å². The van der Waals surface area contributed by atoms with E-state index in [0.717, 1.165) is 22.7 Å². The average molecular weight is 317 g/mol. The molecule has 1 aromatic carbocycles. The van der Waals surface area contributed by atoms with Gasteiger partial charge in [0, 0.05) is 23.5 Å². The van der Waals surface area contributed by atoms with Crippen molar-refractivity contribution < 1.29 is 4.79 Å². The number of aryl methyl sites for hydroxylation is 1. The van der Waals surface area contributed by atoms with Crippen LogP contribution in [0.2, 0.25) is 0 Å². The third-order valence-electron chi connectivity index (χ3n) is 3.85. The van der Waals surface area contributed by atoms with Crippen molar-refractivity contribution in [3.8, 4) is 0 Å². The van der Waals surface area contributed by atoms with Crippen molar-refractivity contribution in [3.05, 3.63) is 52.0 Å². The minimum Gasteiger partial charge on any atom is -0.344 e. The van der Waals surface area contributed by atoms with Crippen molar-refractivity contribution >= 4 is 17.2 Å². The number of hydrogen-bond acceptors (Lipinski definition) is 4. The lowest BCUT2D eigenvalue weighted by molar-refractivity contribution is -0.123. The van der Waals surface area contributed by atoms with Crippen molar-refractivity contribution in [1.29, 1.82) is 0 Å². The summed E-state index contributed by atoms with van der Waals surface area (Å²) in [5, 5.41) is 6.05. The van der Waals surface area contributed by atoms with E-state index in [0.29, 0.717) is 0 Å². The topological polar surface area (TPSA) is 68.0 Å². The first-order valence-electron chi connectivity index (χ1n) is 7.48. The van der Waals surface area contributed by atoms with Gasteiger partial charge in [-0.3, -0.25) is 4.79 Å². The second-order valence-electron chi connectivity index (χ2n) is 5.75. The standard InChI is InChI=1S/C17H23N3OS/c1-4-17(3,16-19-12(2)11-22-16)20-15(21)10-14(18)13-8-6-5-7-9-13/h5-9,11,14H,4,10,18H2,1-3H3,(H,20,21). The molecule has 2 atom stereocenters. The predicted octanol–water partition coefficient (Wildman–Crippen LogP) is 3.28. The normalized spacial score (nSPS) is 15.1. The Bertz CT molecular complexity index is 626. The lowest BCUT2D eigenvalue weighted by atomic mass is 9.98. The number of nitrogens with zero attached hydrogens (tertiary/aromatic N) is 1. The Labute approximate surface area is 135 Å². The number of benzene rings is 1. The predicted molar refractivity (Wildman–Crippen MR) is 90.6 cm³/mol. The molecule has 5 heteroatoms. The first-order valence-corrected chi connectivity index (χ1v) is 8.36. The number of amides is 1. The summed E-state index contributed by atoms with van der Waals surface area (Å²) in [6.45, 7) is 6.02. The zero-order valence-corrected chi connectivity index (χ0v) is 14.1. The average Bonchev–Trinajstić information content (AvgIpc) is 2.95. The zero-order valence-electron chi connectivity index (χ0n) is 13.3. The van der Waals surface area contributed by atoms with E-state index in [-0.39, 0.29) is 18.4 Å². The fraction of sp³-hybridized carbons (Fsp3) is 0.412. The summed E-state index contributed by atoms with van der Waals surface area (Å²) in [5.41, 5.74) is 7.64. The highest BCUT2D eigenvalue weighted by Crippen LogP contribution is 2.28. The van der Waals surface area contributed by atoms with Crippen LogP contribution in [0, 0.1) is 6.92 Å². The SMILES string of the molecule is CCC(C)(NC(=O)CC(N)c1ccccc1)c1nc(C)cs1. The van der Waals surface area contributed by atoms with Crippen LogP contribution in [0.3, 0.4) is 0 Å². The minimum atomic E-state index is -0.438. The molecular weight excluding hydrogens is 294 g/mol. The number of nitrogens with one attached hydrogen (secondary N) is 1. The number of carbonyl (C=O) groups is 1. The summed E-state index contributed by atoms with van der Waals surface area (Å²) in [5.74, 6) is -0.0476. The Balaban J connectivity index is 2.03. The van der Waals surface area contributed by atoms with Gasteiger partial charge in [0.2, 0.25) is 5.91 Å². The number of hydrogen-bond donors (Lipinski definition) is 2. The first-order chi connectivity index (χ1) is 10.4. The van der Waals surface area contributed by atoms with E-state index < -0.39 is 5.54 Å². The largest absolute Gasteiger partial charge is 0.344 e. The first kappa shape index (κ1) is 16.6. The van der Waals surface area contributed by atoms with Gasteiger partial charge in [-0.05, 0) is 25.8 Å². The summed E-state index contributed by atoms with van der Waals surface area (Å²) in [4.78, 5) is 16.9. The minimum absolute atomic E-state index is 0.0476. The van der Waals surface area contributed by atoms with Crippen LogP contribution >= 0.6 is 11.3 Å². The van der Waals surface area contributed by atoms with Crippen molar-refractivity contribution in [2.75, 3.05) is 0 Å². The van der Waals surface area contributed by atoms with Gasteiger partial charge in [0.15, 0.2) is 0 Å². The van der Waals surface area contributed by atoms with Gasteiger partial charge < -0.3 is 11.1 Å². The van der Waals surface area contributed by atoms with Crippen LogP contribution in [0.4, 0.5) is 0 Å². The second kappa shape index (κ2) is 7.03. The number of carbonyl (C=O) groups excluding carboxylic acids is 1. The van der Waals surface area contributed by atoms with Gasteiger partial charge >= 0.3 is 0 Å². The quantitative estimate of drug-likeness (QED) is 0.859. The molecule has 22 heavy (non-hydrogen) atoms. The van der Waals surface area contributed by atoms with Crippen LogP contribution in [0.25, 0.3) is 0 Å². The van der Waals surface area contributed by atoms with Crippen LogP contribution in [-0.2, 0) is 10.3 Å². The number of nitrogens with two attached hydrogens (primary N) is 1. The van der Waals surface area contributed by atoms with E-state index >= 15 is 0 Å². The van der Waals surface area contributed by atoms with Crippen molar-refractivity contribution in [3.63, 3.8) is 0 Å². The van der Waals surface area contributed by atoms with E-state index in [1.165, 1.54) is 0 Å². The highest BCUT2D eigenvalue weighted by atomic mass is 32.1. The molecule has 0 radical (unpaired) electrons. The number of rotatable bonds is 6. The van der Waals surface area contributed by atoms with Gasteiger partial charge in [-0.25, -0.2) is 4.98 Å². The molecule has 1 amide bonds. The molecule has 3 N–H and O–H groups in total. The third-order valence-corrected chi connectivity index (χ3v) is 5.07. The van der Waals surface area contributed by atoms with E-state index in [2.05, 4.69) is 10.3 Å². The Morgan fingerprint density at radius 2 is 2.09 bits per heavy atom. The van der Waals surface area contributed by atoms with Crippen molar-refractivity contribution in [2.24, 2.45) is 5.73 Å². The van der Waals surface area contributed by atoms with Crippen LogP contribution in [-0.4, -0.2) is 10.9 Å². The van der Waals surface area contributed by atoms with Gasteiger partial charge in [0.1, 0.15) is 5.01 Å². The van der Waals surface area contributed by atoms with Gasteiger partial charge in [-0.15, -0.1) is 11.3 Å². The molecule has 0 aliphatic carbocycles. The maximum absolute atomic E-state index is 12.4. The summed E-state index contributed by atoms with van der Waals surface area (Å²) >= 11 is 1.58. The van der Waals surface area contributed by atoms with E-state index in [1.807, 2.05) is 56.5 Å². The summed E-state index contributed by atoms with van der Waals surface area (Å²) in [6.07, 6.45) is 1.05. The molecule has 1 heterocycles. The van der Waals surface area contributed by atoms with Crippen molar-refractivity contribution in [1.82, 2.24) is 10.3 Å². The molecule has 2 unspecified atom stereocenters. The highest BCUT2D eigenvalue weighted by molar-refractivity contribution is 7.09. The summed E-state index contributed by atoms with van der Waals surface area (Å²) in [6, 6.07) is 9.40. The molecule has 0 aliphatic heterocycles. The lowest BCUT2D eigenvalue weighted by Crippen LogP contribution is -2.43. The molecule has 0 saturated heterocycles. The lowest BCUT2D eigenvalue weighted by Gasteiger charge is -2.28. The van der Waals surface area contributed by atoms with Crippen LogP contribution in [0.5, 0.6) is 0 Å². The van der Waals surface area contributed by atoms with Gasteiger partial charge in [-0.2, -0.15) is 0 Å². The van der Waals surface area contributed by atoms with E-state index in [9.17, 15) is 4.79 Å². The molecular formula is C17H23N3OS. The van der Waals surface area contributed by atoms with Gasteiger partial charge in [0.05, 0.1) is 5.54 Å². The van der Waals surface area contributed by atoms with Crippen LogP contribution in [0.1, 0.15) is 49.0 Å². The smallest absolute Gasteiger partial charge is 0.222 e. The van der Waals surface area contributed by atoms with E-state index in [1.54, 1.807) is 11.3 Å². The third kappa shape index (κ3) is 3.93. The fourth-order valence-electron chi connectivity index (χ4n) is 2.28. The molecule has 2 rings (SSSR count). The molecule has 2 aromatic rings. The summed E-state index contributed by atoms with van der Waals surface area (Å²) < 4.78 is 0. The molecule has 0 spiro atoms. The fourth-order valence-corrected chi connectivity index (χ4v) is 3.26. The maximum atomic E-state index is 12.4.